The van der Waals surface area contributed by atoms with Gasteiger partial charge in [0.2, 0.25) is 5.82 Å². The predicted octanol–water partition coefficient (Wildman–Crippen LogP) is 22.2. The fraction of sp³-hybridized carbons (Fsp3) is 0.0123. The van der Waals surface area contributed by atoms with Gasteiger partial charge in [-0.25, -0.2) is 22.0 Å². The lowest BCUT2D eigenvalue weighted by molar-refractivity contribution is -0.137. The first-order valence-corrected chi connectivity index (χ1v) is 30.3. The number of hydrogen-bond acceptors (Lipinski definition) is 4. The Bertz CT molecular complexity index is 5100. The van der Waals surface area contributed by atoms with E-state index in [1.54, 1.807) is 73.3 Å². The highest BCUT2D eigenvalue weighted by molar-refractivity contribution is 6.14. The molecule has 0 bridgehead atoms. The highest BCUT2D eigenvalue weighted by Gasteiger charge is 2.41. The van der Waals surface area contributed by atoms with E-state index >= 15 is 35.1 Å². The van der Waals surface area contributed by atoms with Gasteiger partial charge in [-0.05, 0) is 159 Å². The molecule has 6 nitrogen and oxygen atoms in total. The Morgan fingerprint density at radius 1 is 0.242 bits per heavy atom. The fourth-order valence-electron chi connectivity index (χ4n) is 13.0. The van der Waals surface area contributed by atoms with Crippen molar-refractivity contribution in [1.82, 2.24) is 29.1 Å². The van der Waals surface area contributed by atoms with Crippen molar-refractivity contribution in [1.29, 1.82) is 0 Å². The average Bonchev–Trinajstić information content (AvgIpc) is 1.59. The van der Waals surface area contributed by atoms with Gasteiger partial charge in [0.1, 0.15) is 5.56 Å². The molecule has 0 aliphatic carbocycles. The highest BCUT2D eigenvalue weighted by atomic mass is 19.4. The third kappa shape index (κ3) is 10.2. The summed E-state index contributed by atoms with van der Waals surface area (Å²) in [4.78, 5) is 18.6. The molecule has 0 aliphatic heterocycles. The number of pyridine rings is 4. The topological polar surface area (TPSA) is 61.4 Å². The Kier molecular flexibility index (Phi) is 14.2. The number of halogens is 8. The maximum absolute atomic E-state index is 17.5. The summed E-state index contributed by atoms with van der Waals surface area (Å²) in [6.07, 6.45) is 1.40. The lowest BCUT2D eigenvalue weighted by Gasteiger charge is -2.23. The van der Waals surface area contributed by atoms with Crippen molar-refractivity contribution in [3.8, 4) is 112 Å². The van der Waals surface area contributed by atoms with Crippen LogP contribution >= 0.6 is 0 Å². The second-order valence-corrected chi connectivity index (χ2v) is 23.1. The van der Waals surface area contributed by atoms with Crippen molar-refractivity contribution in [2.75, 3.05) is 0 Å². The number of fused-ring (bicyclic) bond motifs is 6. The van der Waals surface area contributed by atoms with E-state index in [1.165, 1.54) is 9.13 Å². The molecule has 6 aromatic heterocycles. The number of alkyl halides is 3. The number of hydrogen-bond donors (Lipinski definition) is 0. The average molecular weight is 1260 g/mol. The molecule has 0 amide bonds. The Morgan fingerprint density at radius 3 is 0.758 bits per heavy atom. The van der Waals surface area contributed by atoms with Crippen molar-refractivity contribution in [3.05, 3.63) is 314 Å². The van der Waals surface area contributed by atoms with E-state index in [2.05, 4.69) is 19.9 Å². The summed E-state index contributed by atoms with van der Waals surface area (Å²) in [6, 6.07) is 76.2. The van der Waals surface area contributed by atoms with Crippen LogP contribution in [-0.2, 0) is 6.18 Å². The second-order valence-electron chi connectivity index (χ2n) is 23.1. The Labute approximate surface area is 537 Å². The van der Waals surface area contributed by atoms with Crippen molar-refractivity contribution >= 4 is 43.6 Å². The number of nitrogens with zero attached hydrogens (tertiary/aromatic N) is 6. The number of rotatable bonds is 11. The number of aromatic nitrogens is 6. The first-order valence-electron chi connectivity index (χ1n) is 30.3. The molecule has 0 aliphatic rings. The minimum absolute atomic E-state index is 0.222. The molecule has 16 aromatic rings. The SMILES string of the molecule is Fc1c(F)c(F)c(-c2cc(-n3c4ccc(-c5ccnc(-c6ccccc6)c5)cc4c4cc(-c5ccnc(-c6ccccc6)c5)ccc43)c(C(F)(F)F)c(-n3c4ccc(-c5ccnc(-c6ccccc6)c5)cc4c4cc(-c5ccnc(-c6ccccc6)c5)ccc43)c2)c(F)c1F. The minimum Gasteiger partial charge on any atom is -0.309 e. The minimum atomic E-state index is -5.31. The lowest BCUT2D eigenvalue weighted by atomic mass is 9.97. The maximum atomic E-state index is 17.5. The third-order valence-corrected chi connectivity index (χ3v) is 17.5. The van der Waals surface area contributed by atoms with Crippen molar-refractivity contribution in [2.45, 2.75) is 6.18 Å². The van der Waals surface area contributed by atoms with Gasteiger partial charge < -0.3 is 9.13 Å². The lowest BCUT2D eigenvalue weighted by Crippen LogP contribution is -2.16. The van der Waals surface area contributed by atoms with Gasteiger partial charge in [-0.1, -0.05) is 146 Å². The van der Waals surface area contributed by atoms with E-state index in [1.807, 2.05) is 194 Å². The summed E-state index contributed by atoms with van der Waals surface area (Å²) in [5.41, 5.74) is 7.92. The van der Waals surface area contributed by atoms with E-state index in [0.717, 1.165) is 56.6 Å². The molecular weight excluding hydrogens is 1210 g/mol. The van der Waals surface area contributed by atoms with Gasteiger partial charge in [-0.3, -0.25) is 19.9 Å². The van der Waals surface area contributed by atoms with Crippen LogP contribution in [0.3, 0.4) is 0 Å². The normalized spacial score (nSPS) is 11.8. The molecule has 95 heavy (non-hydrogen) atoms. The van der Waals surface area contributed by atoms with E-state index in [0.29, 0.717) is 66.6 Å². The van der Waals surface area contributed by atoms with Crippen LogP contribution in [0.1, 0.15) is 5.56 Å². The summed E-state index contributed by atoms with van der Waals surface area (Å²) >= 11 is 0. The van der Waals surface area contributed by atoms with Crippen LogP contribution < -0.4 is 0 Å². The summed E-state index contributed by atoms with van der Waals surface area (Å²) in [5.74, 6) is -11.4. The standard InChI is InChI=1S/C81H46F8N6/c82-76-74(77(83)79(85)80(86)78(76)84)59-45-72(94-68-25-21-51(55-29-33-90-64(41-55)47-13-5-1-6-14-47)37-60(68)61-38-52(22-26-69(61)94)56-30-34-91-65(42-56)48-15-7-2-8-16-48)75(81(87,88)89)73(46-59)95-70-27-23-53(57-31-35-92-66(43-57)49-17-9-3-10-18-49)39-62(70)63-40-54(24-28-71(63)95)58-32-36-93-67(44-58)50-19-11-4-12-20-50/h1-46H. The van der Waals surface area contributed by atoms with Crippen molar-refractivity contribution in [3.63, 3.8) is 0 Å². The summed E-state index contributed by atoms with van der Waals surface area (Å²) in [6.45, 7) is 0. The van der Waals surface area contributed by atoms with Crippen LogP contribution in [0.4, 0.5) is 35.1 Å². The van der Waals surface area contributed by atoms with Gasteiger partial charge in [0.25, 0.3) is 0 Å². The maximum Gasteiger partial charge on any atom is 0.420 e. The quantitative estimate of drug-likeness (QED) is 0.0735. The van der Waals surface area contributed by atoms with Crippen molar-refractivity contribution < 1.29 is 35.1 Å². The monoisotopic (exact) mass is 1250 g/mol. The molecule has 0 radical (unpaired) electrons. The van der Waals surface area contributed by atoms with E-state index in [9.17, 15) is 0 Å². The van der Waals surface area contributed by atoms with Gasteiger partial charge in [0.05, 0.1) is 61.8 Å². The van der Waals surface area contributed by atoms with E-state index in [4.69, 9.17) is 0 Å². The molecule has 14 heteroatoms. The molecule has 0 saturated carbocycles. The molecule has 0 N–H and O–H groups in total. The Hall–Kier alpha value is -12.2. The molecule has 456 valence electrons. The molecule has 0 atom stereocenters. The molecular formula is C81H46F8N6. The second kappa shape index (κ2) is 23.2. The molecule has 0 spiro atoms. The van der Waals surface area contributed by atoms with Gasteiger partial charge in [-0.15, -0.1) is 0 Å². The zero-order valence-electron chi connectivity index (χ0n) is 49.8. The van der Waals surface area contributed by atoms with Gasteiger partial charge in [-0.2, -0.15) is 13.2 Å². The summed E-state index contributed by atoms with van der Waals surface area (Å²) in [5, 5.41) is 1.89. The third-order valence-electron chi connectivity index (χ3n) is 17.5. The first kappa shape index (κ1) is 58.0. The van der Waals surface area contributed by atoms with Gasteiger partial charge in [0, 0.05) is 68.6 Å². The molecule has 6 heterocycles. The van der Waals surface area contributed by atoms with Crippen LogP contribution in [0.2, 0.25) is 0 Å². The van der Waals surface area contributed by atoms with Crippen LogP contribution in [0.25, 0.3) is 156 Å². The van der Waals surface area contributed by atoms with Gasteiger partial charge in [0.15, 0.2) is 23.3 Å². The van der Waals surface area contributed by atoms with Crippen LogP contribution in [0.5, 0.6) is 0 Å². The van der Waals surface area contributed by atoms with E-state index < -0.39 is 63.3 Å². The van der Waals surface area contributed by atoms with Gasteiger partial charge >= 0.3 is 6.18 Å². The molecule has 16 rings (SSSR count). The molecule has 0 unspecified atom stereocenters. The largest absolute Gasteiger partial charge is 0.420 e. The summed E-state index contributed by atoms with van der Waals surface area (Å²) < 4.78 is 135. The van der Waals surface area contributed by atoms with Crippen LogP contribution in [0, 0.1) is 29.1 Å². The number of benzene rings is 10. The van der Waals surface area contributed by atoms with E-state index in [-0.39, 0.29) is 22.1 Å². The Balaban J connectivity index is 0.993. The molecule has 0 fully saturated rings. The van der Waals surface area contributed by atoms with Crippen molar-refractivity contribution in [2.24, 2.45) is 0 Å². The summed E-state index contributed by atoms with van der Waals surface area (Å²) in [7, 11) is 0. The smallest absolute Gasteiger partial charge is 0.309 e. The van der Waals surface area contributed by atoms with Crippen LogP contribution in [-0.4, -0.2) is 29.1 Å². The zero-order chi connectivity index (χ0) is 64.6. The Morgan fingerprint density at radius 2 is 0.495 bits per heavy atom. The predicted molar refractivity (Wildman–Crippen MR) is 360 cm³/mol. The van der Waals surface area contributed by atoms with Crippen LogP contribution in [0.15, 0.2) is 280 Å². The highest BCUT2D eigenvalue weighted by Crippen LogP contribution is 2.49. The molecule has 10 aromatic carbocycles. The zero-order valence-corrected chi connectivity index (χ0v) is 49.8. The fourth-order valence-corrected chi connectivity index (χ4v) is 13.0. The first-order chi connectivity index (χ1) is 46.3. The molecule has 0 saturated heterocycles.